The smallest absolute Gasteiger partial charge is 0.152 e. The molecule has 1 aromatic heterocycles. The van der Waals surface area contributed by atoms with E-state index in [0.717, 1.165) is 0 Å². The minimum Gasteiger partial charge on any atom is -0.380 e. The Morgan fingerprint density at radius 2 is 2.00 bits per heavy atom. The van der Waals surface area contributed by atoms with Crippen molar-refractivity contribution in [3.8, 4) is 0 Å². The average Bonchev–Trinajstić information content (AvgIpc) is 2.11. The van der Waals surface area contributed by atoms with Gasteiger partial charge < -0.3 is 4.23 Å². The molecule has 0 unspecified atom stereocenters. The van der Waals surface area contributed by atoms with Gasteiger partial charge in [-0.25, -0.2) is 0 Å². The predicted molar refractivity (Wildman–Crippen MR) is 55.9 cm³/mol. The fraction of sp³-hybridized carbons (Fsp3) is 0.429. The number of halogens is 1. The van der Waals surface area contributed by atoms with Crippen LogP contribution in [0.4, 0.5) is 0 Å². The fourth-order valence-electron chi connectivity index (χ4n) is 0.788. The summed E-state index contributed by atoms with van der Waals surface area (Å²) in [6, 6.07) is 2.15. The Balaban J connectivity index is 2.96. The second-order valence-corrected chi connectivity index (χ2v) is 9.51. The quantitative estimate of drug-likeness (QED) is 0.543. The van der Waals surface area contributed by atoms with Crippen LogP contribution in [0.5, 0.6) is 0 Å². The van der Waals surface area contributed by atoms with Gasteiger partial charge in [0.15, 0.2) is 8.24 Å². The molecule has 0 aliphatic heterocycles. The Morgan fingerprint density at radius 3 is 2.20 bits per heavy atom. The van der Waals surface area contributed by atoms with Gasteiger partial charge in [0.1, 0.15) is 0 Å². The highest BCUT2D eigenvalue weighted by molar-refractivity contribution is 14.1. The molecule has 0 aromatic carbocycles. The number of rotatable bonds is 1. The molecule has 0 fully saturated rings. The standard InChI is InChI=1S/C7H12INSi/c1-10(2,3)9-5-4-7(8)6-9/h4-6H,1-3H3. The molecule has 0 N–H and O–H groups in total. The molecule has 56 valence electrons. The number of hydrogen-bond donors (Lipinski definition) is 0. The summed E-state index contributed by atoms with van der Waals surface area (Å²) >= 11 is 2.34. The molecular weight excluding hydrogens is 253 g/mol. The molecule has 0 bridgehead atoms. The van der Waals surface area contributed by atoms with E-state index >= 15 is 0 Å². The van der Waals surface area contributed by atoms with Crippen LogP contribution in [-0.2, 0) is 0 Å². The molecule has 1 heterocycles. The molecular formula is C7H12INSi. The topological polar surface area (TPSA) is 4.93 Å². The van der Waals surface area contributed by atoms with E-state index < -0.39 is 8.24 Å². The van der Waals surface area contributed by atoms with Crippen LogP contribution in [0.2, 0.25) is 19.6 Å². The second-order valence-electron chi connectivity index (χ2n) is 3.41. The van der Waals surface area contributed by atoms with Crippen LogP contribution in [0.25, 0.3) is 0 Å². The summed E-state index contributed by atoms with van der Waals surface area (Å²) in [5.74, 6) is 0. The van der Waals surface area contributed by atoms with Gasteiger partial charge >= 0.3 is 0 Å². The van der Waals surface area contributed by atoms with E-state index in [1.165, 1.54) is 3.57 Å². The fourth-order valence-corrected chi connectivity index (χ4v) is 2.56. The maximum atomic E-state index is 2.36. The SMILES string of the molecule is C[Si](C)(C)n1ccc(I)c1. The summed E-state index contributed by atoms with van der Waals surface area (Å²) in [7, 11) is -1.10. The molecule has 0 amide bonds. The Morgan fingerprint density at radius 1 is 1.40 bits per heavy atom. The zero-order valence-corrected chi connectivity index (χ0v) is 9.71. The first kappa shape index (κ1) is 8.32. The van der Waals surface area contributed by atoms with Crippen molar-refractivity contribution in [2.75, 3.05) is 0 Å². The summed E-state index contributed by atoms with van der Waals surface area (Å²) < 4.78 is 3.69. The zero-order chi connectivity index (χ0) is 7.78. The van der Waals surface area contributed by atoms with E-state index in [1.54, 1.807) is 0 Å². The molecule has 0 radical (unpaired) electrons. The average molecular weight is 265 g/mol. The van der Waals surface area contributed by atoms with Gasteiger partial charge in [0.2, 0.25) is 0 Å². The van der Waals surface area contributed by atoms with Crippen LogP contribution in [0.3, 0.4) is 0 Å². The second kappa shape index (κ2) is 2.69. The molecule has 0 spiro atoms. The lowest BCUT2D eigenvalue weighted by atomic mass is 10.7. The first-order valence-electron chi connectivity index (χ1n) is 3.34. The first-order chi connectivity index (χ1) is 4.50. The highest BCUT2D eigenvalue weighted by Gasteiger charge is 2.14. The molecule has 0 aliphatic carbocycles. The van der Waals surface area contributed by atoms with Crippen molar-refractivity contribution in [1.82, 2.24) is 4.23 Å². The molecule has 0 saturated carbocycles. The molecule has 1 nitrogen and oxygen atoms in total. The van der Waals surface area contributed by atoms with Gasteiger partial charge in [-0.2, -0.15) is 0 Å². The first-order valence-corrected chi connectivity index (χ1v) is 7.87. The van der Waals surface area contributed by atoms with Crippen LogP contribution in [0.15, 0.2) is 18.5 Å². The summed E-state index contributed by atoms with van der Waals surface area (Å²) in [6.45, 7) is 7.01. The number of aromatic nitrogens is 1. The highest BCUT2D eigenvalue weighted by atomic mass is 127. The summed E-state index contributed by atoms with van der Waals surface area (Å²) in [5.41, 5.74) is 0. The lowest BCUT2D eigenvalue weighted by Crippen LogP contribution is -2.30. The lowest BCUT2D eigenvalue weighted by Gasteiger charge is -2.17. The van der Waals surface area contributed by atoms with Crippen molar-refractivity contribution in [2.45, 2.75) is 19.6 Å². The minimum atomic E-state index is -1.10. The molecule has 1 aromatic rings. The van der Waals surface area contributed by atoms with Crippen molar-refractivity contribution >= 4 is 30.8 Å². The van der Waals surface area contributed by atoms with E-state index in [4.69, 9.17) is 0 Å². The Hall–Kier alpha value is 0.227. The third-order valence-electron chi connectivity index (χ3n) is 1.43. The van der Waals surface area contributed by atoms with Crippen LogP contribution < -0.4 is 0 Å². The summed E-state index contributed by atoms with van der Waals surface area (Å²) in [4.78, 5) is 0. The normalized spacial score (nSPS) is 12.0. The van der Waals surface area contributed by atoms with Crippen molar-refractivity contribution < 1.29 is 0 Å². The van der Waals surface area contributed by atoms with E-state index in [2.05, 4.69) is 64.9 Å². The molecule has 10 heavy (non-hydrogen) atoms. The van der Waals surface area contributed by atoms with Gasteiger partial charge in [0.25, 0.3) is 0 Å². The minimum absolute atomic E-state index is 1.10. The van der Waals surface area contributed by atoms with Crippen LogP contribution >= 0.6 is 22.6 Å². The van der Waals surface area contributed by atoms with Gasteiger partial charge in [-0.15, -0.1) is 0 Å². The third kappa shape index (κ3) is 1.85. The predicted octanol–water partition coefficient (Wildman–Crippen LogP) is 2.78. The van der Waals surface area contributed by atoms with Gasteiger partial charge in [-0.3, -0.25) is 0 Å². The van der Waals surface area contributed by atoms with Crippen molar-refractivity contribution in [3.05, 3.63) is 22.0 Å². The van der Waals surface area contributed by atoms with E-state index in [1.807, 2.05) is 0 Å². The van der Waals surface area contributed by atoms with Gasteiger partial charge in [-0.1, -0.05) is 19.6 Å². The van der Waals surface area contributed by atoms with Crippen molar-refractivity contribution in [1.29, 1.82) is 0 Å². The van der Waals surface area contributed by atoms with Gasteiger partial charge in [0, 0.05) is 9.77 Å². The van der Waals surface area contributed by atoms with Crippen molar-refractivity contribution in [3.63, 3.8) is 0 Å². The largest absolute Gasteiger partial charge is 0.380 e. The lowest BCUT2D eigenvalue weighted by molar-refractivity contribution is 1.15. The van der Waals surface area contributed by atoms with Crippen molar-refractivity contribution in [2.24, 2.45) is 0 Å². The monoisotopic (exact) mass is 265 g/mol. The van der Waals surface area contributed by atoms with Crippen LogP contribution in [0.1, 0.15) is 0 Å². The molecule has 1 rings (SSSR count). The maximum Gasteiger partial charge on any atom is 0.152 e. The van der Waals surface area contributed by atoms with E-state index in [0.29, 0.717) is 0 Å². The Labute approximate surface area is 76.7 Å². The van der Waals surface area contributed by atoms with Crippen LogP contribution in [-0.4, -0.2) is 12.5 Å². The Kier molecular flexibility index (Phi) is 2.24. The summed E-state index contributed by atoms with van der Waals surface area (Å²) in [5, 5.41) is 0. The van der Waals surface area contributed by atoms with Gasteiger partial charge in [0.05, 0.1) is 0 Å². The summed E-state index contributed by atoms with van der Waals surface area (Å²) in [6.07, 6.45) is 4.39. The number of hydrogen-bond acceptors (Lipinski definition) is 0. The van der Waals surface area contributed by atoms with E-state index in [-0.39, 0.29) is 0 Å². The molecule has 0 aliphatic rings. The number of nitrogens with zero attached hydrogens (tertiary/aromatic N) is 1. The molecule has 0 saturated heterocycles. The molecule has 0 atom stereocenters. The molecule has 3 heteroatoms. The third-order valence-corrected chi connectivity index (χ3v) is 3.90. The zero-order valence-electron chi connectivity index (χ0n) is 6.56. The van der Waals surface area contributed by atoms with Gasteiger partial charge in [-0.05, 0) is 34.9 Å². The highest BCUT2D eigenvalue weighted by Crippen LogP contribution is 2.10. The Bertz CT molecular complexity index is 224. The van der Waals surface area contributed by atoms with Crippen LogP contribution in [0, 0.1) is 3.57 Å². The van der Waals surface area contributed by atoms with E-state index in [9.17, 15) is 0 Å². The maximum absolute atomic E-state index is 2.36.